The first kappa shape index (κ1) is 15.0. The molecule has 0 bridgehead atoms. The highest BCUT2D eigenvalue weighted by atomic mass is 32.2. The summed E-state index contributed by atoms with van der Waals surface area (Å²) in [6.07, 6.45) is 8.03. The molecule has 1 aromatic rings. The molecule has 0 unspecified atom stereocenters. The highest BCUT2D eigenvalue weighted by molar-refractivity contribution is 7.99. The van der Waals surface area contributed by atoms with Gasteiger partial charge in [0, 0.05) is 12.6 Å². The summed E-state index contributed by atoms with van der Waals surface area (Å²) in [7, 11) is 0. The molecular weight excluding hydrogens is 302 g/mol. The minimum Gasteiger partial charge on any atom is -0.396 e. The summed E-state index contributed by atoms with van der Waals surface area (Å²) in [5.74, 6) is -0.0139. The zero-order valence-corrected chi connectivity index (χ0v) is 14.3. The number of thioether (sulfide) groups is 1. The molecule has 1 aromatic heterocycles. The third kappa shape index (κ3) is 3.16. The van der Waals surface area contributed by atoms with Gasteiger partial charge in [0.25, 0.3) is 5.91 Å². The Labute approximate surface area is 134 Å². The first-order valence-electron chi connectivity index (χ1n) is 7.59. The predicted octanol–water partition coefficient (Wildman–Crippen LogP) is 3.55. The molecule has 21 heavy (non-hydrogen) atoms. The second-order valence-corrected chi connectivity index (χ2v) is 8.00. The summed E-state index contributed by atoms with van der Waals surface area (Å²) >= 11 is 3.11. The van der Waals surface area contributed by atoms with Crippen molar-refractivity contribution < 1.29 is 4.79 Å². The monoisotopic (exact) mass is 325 g/mol. The van der Waals surface area contributed by atoms with Crippen molar-refractivity contribution in [1.82, 2.24) is 5.32 Å². The number of thiophene rings is 1. The van der Waals surface area contributed by atoms with Gasteiger partial charge in [-0.05, 0) is 43.8 Å². The molecule has 0 aliphatic heterocycles. The van der Waals surface area contributed by atoms with Gasteiger partial charge in [-0.3, -0.25) is 4.79 Å². The third-order valence-electron chi connectivity index (χ3n) is 4.55. The van der Waals surface area contributed by atoms with Crippen LogP contribution in [0.15, 0.2) is 4.90 Å². The maximum Gasteiger partial charge on any atom is 0.263 e. The minimum atomic E-state index is -0.0139. The largest absolute Gasteiger partial charge is 0.396 e. The fraction of sp³-hybridized carbons (Fsp3) is 0.667. The highest BCUT2D eigenvalue weighted by Crippen LogP contribution is 2.50. The zero-order valence-electron chi connectivity index (χ0n) is 12.6. The lowest BCUT2D eigenvalue weighted by molar-refractivity contribution is 0.0956. The Balaban J connectivity index is 1.74. The van der Waals surface area contributed by atoms with Crippen LogP contribution in [-0.2, 0) is 0 Å². The van der Waals surface area contributed by atoms with Crippen molar-refractivity contribution in [2.45, 2.75) is 50.0 Å². The molecule has 2 aliphatic rings. The van der Waals surface area contributed by atoms with Gasteiger partial charge in [0.15, 0.2) is 0 Å². The van der Waals surface area contributed by atoms with E-state index in [1.165, 1.54) is 30.6 Å². The number of amides is 1. The van der Waals surface area contributed by atoms with Gasteiger partial charge in [0.1, 0.15) is 9.88 Å². The van der Waals surface area contributed by atoms with Crippen LogP contribution in [0, 0.1) is 5.41 Å². The smallest absolute Gasteiger partial charge is 0.263 e. The van der Waals surface area contributed by atoms with Crippen molar-refractivity contribution in [3.8, 4) is 0 Å². The van der Waals surface area contributed by atoms with Crippen LogP contribution in [0.4, 0.5) is 10.7 Å². The molecule has 0 atom stereocenters. The number of nitrogens with one attached hydrogen (secondary N) is 2. The Morgan fingerprint density at radius 1 is 1.48 bits per heavy atom. The summed E-state index contributed by atoms with van der Waals surface area (Å²) in [5, 5.41) is 7.62. The van der Waals surface area contributed by atoms with Gasteiger partial charge in [-0.15, -0.1) is 23.1 Å². The van der Waals surface area contributed by atoms with Crippen LogP contribution in [0.1, 0.15) is 48.7 Å². The number of hydrogen-bond acceptors (Lipinski definition) is 5. The maximum absolute atomic E-state index is 12.2. The molecule has 0 saturated heterocycles. The first-order valence-corrected chi connectivity index (χ1v) is 9.63. The quantitative estimate of drug-likeness (QED) is 0.671. The molecule has 116 valence electrons. The number of nitrogens with two attached hydrogens (primary N) is 1. The van der Waals surface area contributed by atoms with Gasteiger partial charge in [-0.25, -0.2) is 0 Å². The van der Waals surface area contributed by atoms with Crippen molar-refractivity contribution in [3.63, 3.8) is 0 Å². The van der Waals surface area contributed by atoms with Crippen molar-refractivity contribution in [3.05, 3.63) is 4.88 Å². The number of anilines is 2. The molecule has 1 heterocycles. The summed E-state index contributed by atoms with van der Waals surface area (Å²) in [6.45, 7) is 3.24. The van der Waals surface area contributed by atoms with Crippen molar-refractivity contribution >= 4 is 39.7 Å². The van der Waals surface area contributed by atoms with E-state index in [1.807, 2.05) is 6.26 Å². The van der Waals surface area contributed by atoms with Crippen LogP contribution in [0.5, 0.6) is 0 Å². The molecule has 0 radical (unpaired) electrons. The van der Waals surface area contributed by atoms with Crippen LogP contribution in [-0.4, -0.2) is 24.7 Å². The molecule has 0 spiro atoms. The fourth-order valence-electron chi connectivity index (χ4n) is 2.49. The van der Waals surface area contributed by atoms with E-state index in [4.69, 9.17) is 5.73 Å². The van der Waals surface area contributed by atoms with Gasteiger partial charge in [-0.2, -0.15) is 0 Å². The Morgan fingerprint density at radius 2 is 2.19 bits per heavy atom. The fourth-order valence-corrected chi connectivity index (χ4v) is 4.43. The molecule has 6 heteroatoms. The maximum atomic E-state index is 12.2. The van der Waals surface area contributed by atoms with Crippen LogP contribution in [0.2, 0.25) is 0 Å². The molecule has 1 amide bonds. The standard InChI is InChI=1S/C15H23N3OS2/c1-3-15(6-7-15)8-17-14-12(20-2)10(16)11(21-14)13(19)18-9-4-5-9/h9,17H,3-8,16H2,1-2H3,(H,18,19). The Hall–Kier alpha value is -0.880. The summed E-state index contributed by atoms with van der Waals surface area (Å²) in [5.41, 5.74) is 7.30. The van der Waals surface area contributed by atoms with E-state index in [1.54, 1.807) is 11.8 Å². The van der Waals surface area contributed by atoms with Gasteiger partial charge >= 0.3 is 0 Å². The number of carbonyl (C=O) groups excluding carboxylic acids is 1. The first-order chi connectivity index (χ1) is 10.1. The molecule has 4 nitrogen and oxygen atoms in total. The normalized spacial score (nSPS) is 19.3. The number of hydrogen-bond donors (Lipinski definition) is 3. The SMILES string of the molecule is CCC1(CNc2sc(C(=O)NC3CC3)c(N)c2SC)CC1. The van der Waals surface area contributed by atoms with Crippen LogP contribution < -0.4 is 16.4 Å². The second kappa shape index (κ2) is 5.72. The van der Waals surface area contributed by atoms with Crippen molar-refractivity contribution in [2.75, 3.05) is 23.9 Å². The minimum absolute atomic E-state index is 0.0139. The Kier molecular flexibility index (Phi) is 4.10. The van der Waals surface area contributed by atoms with E-state index in [9.17, 15) is 4.79 Å². The van der Waals surface area contributed by atoms with Gasteiger partial charge in [0.2, 0.25) is 0 Å². The van der Waals surface area contributed by atoms with Crippen molar-refractivity contribution in [2.24, 2.45) is 5.41 Å². The number of nitrogen functional groups attached to an aromatic ring is 1. The highest BCUT2D eigenvalue weighted by Gasteiger charge is 2.40. The predicted molar refractivity (Wildman–Crippen MR) is 91.4 cm³/mol. The van der Waals surface area contributed by atoms with E-state index in [2.05, 4.69) is 17.6 Å². The molecule has 0 aromatic carbocycles. The average molecular weight is 326 g/mol. The molecule has 3 rings (SSSR count). The van der Waals surface area contributed by atoms with E-state index < -0.39 is 0 Å². The van der Waals surface area contributed by atoms with E-state index in [0.717, 1.165) is 29.3 Å². The number of carbonyl (C=O) groups is 1. The summed E-state index contributed by atoms with van der Waals surface area (Å²) in [4.78, 5) is 13.9. The molecule has 2 saturated carbocycles. The Bertz CT molecular complexity index is 547. The summed E-state index contributed by atoms with van der Waals surface area (Å²) in [6, 6.07) is 0.364. The average Bonchev–Trinajstić information content (AvgIpc) is 3.38. The van der Waals surface area contributed by atoms with Gasteiger partial charge in [0.05, 0.1) is 10.6 Å². The van der Waals surface area contributed by atoms with Crippen LogP contribution in [0.25, 0.3) is 0 Å². The van der Waals surface area contributed by atoms with Crippen LogP contribution in [0.3, 0.4) is 0 Å². The Morgan fingerprint density at radius 3 is 2.71 bits per heavy atom. The van der Waals surface area contributed by atoms with Crippen molar-refractivity contribution in [1.29, 1.82) is 0 Å². The van der Waals surface area contributed by atoms with E-state index >= 15 is 0 Å². The van der Waals surface area contributed by atoms with Gasteiger partial charge in [-0.1, -0.05) is 6.92 Å². The van der Waals surface area contributed by atoms with Gasteiger partial charge < -0.3 is 16.4 Å². The lowest BCUT2D eigenvalue weighted by Crippen LogP contribution is -2.25. The molecule has 4 N–H and O–H groups in total. The molecular formula is C15H23N3OS2. The third-order valence-corrected chi connectivity index (χ3v) is 6.68. The topological polar surface area (TPSA) is 67.2 Å². The van der Waals surface area contributed by atoms with E-state index in [-0.39, 0.29) is 5.91 Å². The van der Waals surface area contributed by atoms with E-state index in [0.29, 0.717) is 22.0 Å². The number of rotatable bonds is 7. The second-order valence-electron chi connectivity index (χ2n) is 6.16. The molecule has 2 aliphatic carbocycles. The molecule has 2 fully saturated rings. The lowest BCUT2D eigenvalue weighted by atomic mass is 10.0. The zero-order chi connectivity index (χ0) is 15.0. The van der Waals surface area contributed by atoms with Crippen LogP contribution >= 0.6 is 23.1 Å². The summed E-state index contributed by atoms with van der Waals surface area (Å²) < 4.78 is 0. The lowest BCUT2D eigenvalue weighted by Gasteiger charge is -2.14.